The molecule has 0 radical (unpaired) electrons. The number of hydrogen-bond acceptors (Lipinski definition) is 7. The Hall–Kier alpha value is -2.47. The molecule has 2 N–H and O–H groups in total. The van der Waals surface area contributed by atoms with Crippen LogP contribution in [0.15, 0.2) is 67.5 Å². The maximum atomic E-state index is 12.2. The summed E-state index contributed by atoms with van der Waals surface area (Å²) in [6, 6.07) is 10.7. The van der Waals surface area contributed by atoms with Gasteiger partial charge in [-0.3, -0.25) is 0 Å². The molecule has 0 aromatic heterocycles. The molecule has 3 rings (SSSR count). The first kappa shape index (κ1) is 19.3. The lowest BCUT2D eigenvalue weighted by molar-refractivity contribution is 0.521. The van der Waals surface area contributed by atoms with Crippen LogP contribution in [-0.2, 0) is 20.0 Å². The van der Waals surface area contributed by atoms with Gasteiger partial charge in [-0.25, -0.2) is 31.3 Å². The van der Waals surface area contributed by atoms with Crippen molar-refractivity contribution in [3.63, 3.8) is 0 Å². The van der Waals surface area contributed by atoms with Gasteiger partial charge in [-0.15, -0.1) is 5.11 Å². The van der Waals surface area contributed by atoms with Gasteiger partial charge in [0, 0.05) is 19.7 Å². The number of aliphatic imine (C=N–C) groups is 1. The highest BCUT2D eigenvalue weighted by molar-refractivity contribution is 7.89. The molecular weight excluding hydrogens is 390 g/mol. The largest absolute Gasteiger partial charge is 0.242 e. The number of amidine groups is 1. The predicted octanol–water partition coefficient (Wildman–Crippen LogP) is 1.42. The van der Waals surface area contributed by atoms with Crippen LogP contribution in [0, 0.1) is 0 Å². The summed E-state index contributed by atoms with van der Waals surface area (Å²) in [4.78, 5) is 4.11. The molecule has 0 bridgehead atoms. The summed E-state index contributed by atoms with van der Waals surface area (Å²) in [5.74, 6) is 0.166. The fourth-order valence-electron chi connectivity index (χ4n) is 2.61. The van der Waals surface area contributed by atoms with Crippen LogP contribution in [0.2, 0.25) is 0 Å². The molecule has 1 aliphatic heterocycles. The first-order valence-electron chi connectivity index (χ1n) is 7.73. The zero-order valence-corrected chi connectivity index (χ0v) is 16.2. The number of rotatable bonds is 5. The Morgan fingerprint density at radius 2 is 1.67 bits per heavy atom. The first-order valence-corrected chi connectivity index (χ1v) is 10.7. The molecule has 2 aromatic carbocycles. The van der Waals surface area contributed by atoms with Gasteiger partial charge in [-0.1, -0.05) is 24.3 Å². The van der Waals surface area contributed by atoms with E-state index in [0.29, 0.717) is 11.1 Å². The molecule has 0 saturated heterocycles. The van der Waals surface area contributed by atoms with E-state index < -0.39 is 20.0 Å². The second-order valence-corrected chi connectivity index (χ2v) is 9.58. The fraction of sp³-hybridized carbons (Fsp3) is 0.188. The van der Waals surface area contributed by atoms with Gasteiger partial charge in [0.25, 0.3) is 0 Å². The molecule has 0 atom stereocenters. The minimum Gasteiger partial charge on any atom is -0.239 e. The molecule has 27 heavy (non-hydrogen) atoms. The molecule has 0 spiro atoms. The monoisotopic (exact) mass is 407 g/mol. The van der Waals surface area contributed by atoms with Crippen LogP contribution in [0.1, 0.15) is 5.56 Å². The molecule has 0 aliphatic carbocycles. The molecule has 142 valence electrons. The molecule has 0 fully saturated rings. The predicted molar refractivity (Wildman–Crippen MR) is 100 cm³/mol. The lowest BCUT2D eigenvalue weighted by Gasteiger charge is -2.14. The van der Waals surface area contributed by atoms with Crippen molar-refractivity contribution >= 4 is 25.9 Å². The van der Waals surface area contributed by atoms with E-state index in [-0.39, 0.29) is 27.9 Å². The van der Waals surface area contributed by atoms with E-state index in [1.165, 1.54) is 32.3 Å². The van der Waals surface area contributed by atoms with E-state index >= 15 is 0 Å². The van der Waals surface area contributed by atoms with Crippen LogP contribution in [0.3, 0.4) is 0 Å². The summed E-state index contributed by atoms with van der Waals surface area (Å²) in [6.07, 6.45) is 0. The van der Waals surface area contributed by atoms with Crippen molar-refractivity contribution in [1.82, 2.24) is 4.31 Å². The maximum absolute atomic E-state index is 12.2. The van der Waals surface area contributed by atoms with Crippen LogP contribution in [0.5, 0.6) is 0 Å². The van der Waals surface area contributed by atoms with Gasteiger partial charge < -0.3 is 0 Å². The zero-order valence-electron chi connectivity index (χ0n) is 14.6. The Kier molecular flexibility index (Phi) is 4.95. The van der Waals surface area contributed by atoms with E-state index in [0.717, 1.165) is 4.31 Å². The second-order valence-electron chi connectivity index (χ2n) is 5.90. The minimum absolute atomic E-state index is 0.105. The molecule has 1 heterocycles. The lowest BCUT2D eigenvalue weighted by Crippen LogP contribution is -2.22. The quantitative estimate of drug-likeness (QED) is 0.802. The van der Waals surface area contributed by atoms with Crippen molar-refractivity contribution in [3.8, 4) is 11.1 Å². The Morgan fingerprint density at radius 1 is 1.00 bits per heavy atom. The normalized spacial score (nSPS) is 14.6. The topological polar surface area (TPSA) is 135 Å². The third kappa shape index (κ3) is 3.67. The number of nitrogens with two attached hydrogens (primary N) is 1. The van der Waals surface area contributed by atoms with Crippen molar-refractivity contribution in [2.45, 2.75) is 9.79 Å². The molecule has 9 nitrogen and oxygen atoms in total. The zero-order chi connectivity index (χ0) is 19.8. The molecule has 0 amide bonds. The number of hydrogen-bond donors (Lipinski definition) is 1. The minimum atomic E-state index is -4.03. The highest BCUT2D eigenvalue weighted by atomic mass is 32.2. The van der Waals surface area contributed by atoms with Gasteiger partial charge in [-0.2, -0.15) is 5.11 Å². The average molecular weight is 407 g/mol. The summed E-state index contributed by atoms with van der Waals surface area (Å²) < 4.78 is 49.6. The van der Waals surface area contributed by atoms with E-state index in [9.17, 15) is 16.8 Å². The van der Waals surface area contributed by atoms with Crippen molar-refractivity contribution in [2.75, 3.05) is 20.8 Å². The van der Waals surface area contributed by atoms with Crippen molar-refractivity contribution in [1.29, 1.82) is 0 Å². The van der Waals surface area contributed by atoms with E-state index in [1.54, 1.807) is 24.3 Å². The van der Waals surface area contributed by atoms with Gasteiger partial charge in [0.2, 0.25) is 20.0 Å². The van der Waals surface area contributed by atoms with Crippen molar-refractivity contribution in [3.05, 3.63) is 48.0 Å². The van der Waals surface area contributed by atoms with Gasteiger partial charge in [0.1, 0.15) is 0 Å². The lowest BCUT2D eigenvalue weighted by atomic mass is 9.99. The Morgan fingerprint density at radius 3 is 2.19 bits per heavy atom. The Bertz CT molecular complexity index is 1150. The van der Waals surface area contributed by atoms with Crippen LogP contribution in [-0.4, -0.2) is 47.7 Å². The van der Waals surface area contributed by atoms with Crippen LogP contribution < -0.4 is 5.14 Å². The van der Waals surface area contributed by atoms with Gasteiger partial charge in [0.05, 0.1) is 9.79 Å². The van der Waals surface area contributed by atoms with Crippen molar-refractivity contribution < 1.29 is 16.8 Å². The van der Waals surface area contributed by atoms with Crippen molar-refractivity contribution in [2.24, 2.45) is 20.4 Å². The average Bonchev–Trinajstić information content (AvgIpc) is 3.14. The van der Waals surface area contributed by atoms with Crippen LogP contribution in [0.25, 0.3) is 11.1 Å². The summed E-state index contributed by atoms with van der Waals surface area (Å²) in [5.41, 5.74) is 1.34. The van der Waals surface area contributed by atoms with E-state index in [2.05, 4.69) is 15.2 Å². The summed E-state index contributed by atoms with van der Waals surface area (Å²) in [7, 11) is -4.71. The molecule has 0 saturated carbocycles. The standard InChI is InChI=1S/C16H17N5O4S2/c1-21(2)27(24,25)12-8-6-11(7-9-12)13-4-3-5-14(26(17,22)23)15(13)16-18-10-19-20-16/h3-9H,10H2,1-2H3,(H2,17,22,23). The number of primary sulfonamides is 1. The van der Waals surface area contributed by atoms with Gasteiger partial charge in [0.15, 0.2) is 12.5 Å². The molecule has 11 heteroatoms. The first-order chi connectivity index (χ1) is 12.6. The van der Waals surface area contributed by atoms with Gasteiger partial charge in [-0.05, 0) is 29.3 Å². The highest BCUT2D eigenvalue weighted by Gasteiger charge is 2.24. The summed E-state index contributed by atoms with van der Waals surface area (Å²) in [5, 5.41) is 13.0. The number of sulfonamides is 2. The summed E-state index contributed by atoms with van der Waals surface area (Å²) >= 11 is 0. The Balaban J connectivity index is 2.20. The summed E-state index contributed by atoms with van der Waals surface area (Å²) in [6.45, 7) is 0.105. The van der Waals surface area contributed by atoms with Crippen LogP contribution >= 0.6 is 0 Å². The van der Waals surface area contributed by atoms with E-state index in [4.69, 9.17) is 5.14 Å². The molecule has 2 aromatic rings. The number of benzene rings is 2. The SMILES string of the molecule is CN(C)S(=O)(=O)c1ccc(-c2cccc(S(N)(=O)=O)c2C2=NCN=N2)cc1. The third-order valence-electron chi connectivity index (χ3n) is 3.95. The second kappa shape index (κ2) is 6.93. The highest BCUT2D eigenvalue weighted by Crippen LogP contribution is 2.31. The number of nitrogens with zero attached hydrogens (tertiary/aromatic N) is 4. The van der Waals surface area contributed by atoms with Crippen LogP contribution in [0.4, 0.5) is 0 Å². The smallest absolute Gasteiger partial charge is 0.239 e. The molecule has 0 unspecified atom stereocenters. The Labute approximate surface area is 157 Å². The maximum Gasteiger partial charge on any atom is 0.242 e. The molecule has 1 aliphatic rings. The fourth-order valence-corrected chi connectivity index (χ4v) is 4.27. The third-order valence-corrected chi connectivity index (χ3v) is 6.73. The number of azo groups is 1. The van der Waals surface area contributed by atoms with E-state index in [1.807, 2.05) is 0 Å². The van der Waals surface area contributed by atoms with Gasteiger partial charge >= 0.3 is 0 Å². The molecular formula is C16H17N5O4S2.